The fourth-order valence-corrected chi connectivity index (χ4v) is 1.54. The van der Waals surface area contributed by atoms with Crippen LogP contribution in [0.25, 0.3) is 0 Å². The summed E-state index contributed by atoms with van der Waals surface area (Å²) in [5.74, 6) is -0.387. The van der Waals surface area contributed by atoms with E-state index in [0.29, 0.717) is 13.0 Å². The van der Waals surface area contributed by atoms with Crippen molar-refractivity contribution in [2.45, 2.75) is 19.9 Å². The van der Waals surface area contributed by atoms with Gasteiger partial charge in [0.25, 0.3) is 0 Å². The Labute approximate surface area is 101 Å². The lowest BCUT2D eigenvalue weighted by Crippen LogP contribution is -2.32. The van der Waals surface area contributed by atoms with E-state index >= 15 is 0 Å². The van der Waals surface area contributed by atoms with E-state index in [-0.39, 0.29) is 18.6 Å². The van der Waals surface area contributed by atoms with Crippen LogP contribution in [0.1, 0.15) is 25.5 Å². The molecule has 0 aliphatic carbocycles. The highest BCUT2D eigenvalue weighted by atomic mass is 16.5. The zero-order valence-corrected chi connectivity index (χ0v) is 10.1. The summed E-state index contributed by atoms with van der Waals surface area (Å²) in [7, 11) is 0. The Balaban J connectivity index is 2.67. The normalized spacial score (nSPS) is 11.6. The minimum atomic E-state index is -0.387. The van der Waals surface area contributed by atoms with Crippen molar-refractivity contribution in [2.24, 2.45) is 0 Å². The Morgan fingerprint density at radius 3 is 2.59 bits per heavy atom. The van der Waals surface area contributed by atoms with Crippen molar-refractivity contribution in [3.05, 3.63) is 35.9 Å². The Morgan fingerprint density at radius 1 is 1.41 bits per heavy atom. The number of benzene rings is 1. The van der Waals surface area contributed by atoms with Crippen LogP contribution in [0.3, 0.4) is 0 Å². The lowest BCUT2D eigenvalue weighted by atomic mass is 10.1. The van der Waals surface area contributed by atoms with Gasteiger partial charge in [-0.15, -0.1) is 0 Å². The largest absolute Gasteiger partial charge is 0.465 e. The second-order valence-electron chi connectivity index (χ2n) is 3.67. The second kappa shape index (κ2) is 6.68. The Morgan fingerprint density at radius 2 is 2.06 bits per heavy atom. The average molecular weight is 235 g/mol. The molecule has 0 spiro atoms. The molecule has 1 aromatic rings. The molecule has 0 fully saturated rings. The van der Waals surface area contributed by atoms with E-state index in [1.807, 2.05) is 37.3 Å². The van der Waals surface area contributed by atoms with E-state index < -0.39 is 0 Å². The first-order valence-electron chi connectivity index (χ1n) is 5.60. The minimum absolute atomic E-state index is 0.0204. The van der Waals surface area contributed by atoms with Crippen LogP contribution in [0.15, 0.2) is 30.3 Å². The fraction of sp³-hybridized carbons (Fsp3) is 0.385. The van der Waals surface area contributed by atoms with Crippen LogP contribution in [0.4, 0.5) is 0 Å². The van der Waals surface area contributed by atoms with Gasteiger partial charge in [0.2, 0.25) is 6.41 Å². The van der Waals surface area contributed by atoms with E-state index in [4.69, 9.17) is 4.74 Å². The molecule has 1 rings (SSSR count). The zero-order valence-electron chi connectivity index (χ0n) is 10.1. The van der Waals surface area contributed by atoms with Crippen molar-refractivity contribution in [2.75, 3.05) is 13.2 Å². The summed E-state index contributed by atoms with van der Waals surface area (Å²) in [5.41, 5.74) is 0.990. The van der Waals surface area contributed by atoms with E-state index in [2.05, 4.69) is 0 Å². The lowest BCUT2D eigenvalue weighted by molar-refractivity contribution is -0.147. The summed E-state index contributed by atoms with van der Waals surface area (Å²) in [4.78, 5) is 23.7. The molecule has 0 aliphatic heterocycles. The first-order chi connectivity index (χ1) is 8.19. The minimum Gasteiger partial charge on any atom is -0.465 e. The van der Waals surface area contributed by atoms with Gasteiger partial charge in [-0.05, 0) is 19.4 Å². The molecule has 0 saturated heterocycles. The smallest absolute Gasteiger partial charge is 0.325 e. The van der Waals surface area contributed by atoms with Gasteiger partial charge in [-0.2, -0.15) is 0 Å². The van der Waals surface area contributed by atoms with Crippen molar-refractivity contribution in [1.82, 2.24) is 4.90 Å². The van der Waals surface area contributed by atoms with E-state index in [0.717, 1.165) is 5.56 Å². The molecular weight excluding hydrogens is 218 g/mol. The van der Waals surface area contributed by atoms with Gasteiger partial charge in [0.05, 0.1) is 12.6 Å². The molecule has 0 aromatic heterocycles. The third kappa shape index (κ3) is 3.90. The highest BCUT2D eigenvalue weighted by Crippen LogP contribution is 2.17. The maximum absolute atomic E-state index is 11.3. The van der Waals surface area contributed by atoms with Crippen LogP contribution in [-0.2, 0) is 14.3 Å². The topological polar surface area (TPSA) is 46.6 Å². The van der Waals surface area contributed by atoms with Gasteiger partial charge in [0.1, 0.15) is 6.54 Å². The number of amides is 1. The molecule has 92 valence electrons. The van der Waals surface area contributed by atoms with Gasteiger partial charge >= 0.3 is 5.97 Å². The van der Waals surface area contributed by atoms with Gasteiger partial charge < -0.3 is 9.64 Å². The molecule has 1 amide bonds. The molecular formula is C13H17NO3. The second-order valence-corrected chi connectivity index (χ2v) is 3.67. The zero-order chi connectivity index (χ0) is 12.7. The highest BCUT2D eigenvalue weighted by molar-refractivity contribution is 5.74. The molecule has 17 heavy (non-hydrogen) atoms. The van der Waals surface area contributed by atoms with Crippen molar-refractivity contribution in [3.63, 3.8) is 0 Å². The van der Waals surface area contributed by atoms with Crippen molar-refractivity contribution in [1.29, 1.82) is 0 Å². The van der Waals surface area contributed by atoms with Crippen LogP contribution >= 0.6 is 0 Å². The Bertz CT molecular complexity index is 364. The predicted octanol–water partition coefficient (Wildman–Crippen LogP) is 1.77. The standard InChI is InChI=1S/C13H17NO3/c1-3-17-13(16)9-14(10-15)11(2)12-7-5-4-6-8-12/h4-8,10-11H,3,9H2,1-2H3/t11-/m0/s1. The van der Waals surface area contributed by atoms with Gasteiger partial charge in [0.15, 0.2) is 0 Å². The number of hydrogen-bond acceptors (Lipinski definition) is 3. The van der Waals surface area contributed by atoms with Crippen LogP contribution in [0.2, 0.25) is 0 Å². The van der Waals surface area contributed by atoms with Crippen LogP contribution < -0.4 is 0 Å². The van der Waals surface area contributed by atoms with Gasteiger partial charge in [-0.1, -0.05) is 30.3 Å². The van der Waals surface area contributed by atoms with E-state index in [1.165, 1.54) is 4.90 Å². The van der Waals surface area contributed by atoms with Gasteiger partial charge in [-0.25, -0.2) is 0 Å². The molecule has 1 aromatic carbocycles. The van der Waals surface area contributed by atoms with Crippen molar-refractivity contribution in [3.8, 4) is 0 Å². The summed E-state index contributed by atoms with van der Waals surface area (Å²) < 4.78 is 4.82. The molecule has 0 N–H and O–H groups in total. The maximum Gasteiger partial charge on any atom is 0.325 e. The summed E-state index contributed by atoms with van der Waals surface area (Å²) in [6.45, 7) is 3.92. The molecule has 0 bridgehead atoms. The first kappa shape index (κ1) is 13.2. The number of carbonyl (C=O) groups is 2. The molecule has 0 radical (unpaired) electrons. The third-order valence-electron chi connectivity index (χ3n) is 2.53. The molecule has 4 nitrogen and oxygen atoms in total. The van der Waals surface area contributed by atoms with Crippen LogP contribution in [0, 0.1) is 0 Å². The third-order valence-corrected chi connectivity index (χ3v) is 2.53. The molecule has 0 aliphatic rings. The molecule has 4 heteroatoms. The summed E-state index contributed by atoms with van der Waals surface area (Å²) in [5, 5.41) is 0. The van der Waals surface area contributed by atoms with E-state index in [9.17, 15) is 9.59 Å². The average Bonchev–Trinajstić information content (AvgIpc) is 2.36. The Hall–Kier alpha value is -1.84. The fourth-order valence-electron chi connectivity index (χ4n) is 1.54. The van der Waals surface area contributed by atoms with Crippen LogP contribution in [-0.4, -0.2) is 30.4 Å². The maximum atomic E-state index is 11.3. The predicted molar refractivity (Wildman–Crippen MR) is 64.3 cm³/mol. The number of ether oxygens (including phenoxy) is 1. The molecule has 0 saturated carbocycles. The monoisotopic (exact) mass is 235 g/mol. The van der Waals surface area contributed by atoms with E-state index in [1.54, 1.807) is 6.92 Å². The quantitative estimate of drug-likeness (QED) is 0.557. The van der Waals surface area contributed by atoms with Crippen molar-refractivity contribution < 1.29 is 14.3 Å². The summed E-state index contributed by atoms with van der Waals surface area (Å²) in [6, 6.07) is 9.42. The number of rotatable bonds is 6. The van der Waals surface area contributed by atoms with Crippen LogP contribution in [0.5, 0.6) is 0 Å². The number of carbonyl (C=O) groups excluding carboxylic acids is 2. The highest BCUT2D eigenvalue weighted by Gasteiger charge is 2.17. The Kier molecular flexibility index (Phi) is 5.20. The molecule has 1 atom stereocenters. The number of nitrogens with zero attached hydrogens (tertiary/aromatic N) is 1. The number of esters is 1. The summed E-state index contributed by atoms with van der Waals surface area (Å²) in [6.07, 6.45) is 0.675. The molecule has 0 unspecified atom stereocenters. The van der Waals surface area contributed by atoms with Gasteiger partial charge in [0, 0.05) is 0 Å². The first-order valence-corrected chi connectivity index (χ1v) is 5.60. The summed E-state index contributed by atoms with van der Waals surface area (Å²) >= 11 is 0. The number of hydrogen-bond donors (Lipinski definition) is 0. The van der Waals surface area contributed by atoms with Gasteiger partial charge in [-0.3, -0.25) is 9.59 Å². The van der Waals surface area contributed by atoms with Crippen molar-refractivity contribution >= 4 is 12.4 Å². The SMILES string of the molecule is CCOC(=O)CN(C=O)[C@@H](C)c1ccccc1. The lowest BCUT2D eigenvalue weighted by Gasteiger charge is -2.24. The molecule has 0 heterocycles.